The van der Waals surface area contributed by atoms with Gasteiger partial charge < -0.3 is 0 Å². The number of aromatic nitrogens is 4. The predicted molar refractivity (Wildman–Crippen MR) is 53.4 cm³/mol. The molecule has 0 radical (unpaired) electrons. The molecular weight excluding hydrogens is 192 g/mol. The zero-order valence-electron chi connectivity index (χ0n) is 8.51. The van der Waals surface area contributed by atoms with Crippen LogP contribution in [0.15, 0.2) is 24.8 Å². The molecule has 0 bridgehead atoms. The van der Waals surface area contributed by atoms with Gasteiger partial charge in [-0.05, 0) is 12.5 Å². The number of carbonyl (C=O) groups excluding carboxylic acids is 1. The number of ketones is 1. The average molecular weight is 202 g/mol. The Hall–Kier alpha value is -2.04. The lowest BCUT2D eigenvalue weighted by Gasteiger charge is -1.96. The molecule has 0 N–H and O–H groups in total. The van der Waals surface area contributed by atoms with Crippen molar-refractivity contribution in [2.75, 3.05) is 0 Å². The Labute approximate surface area is 86.8 Å². The van der Waals surface area contributed by atoms with Gasteiger partial charge in [-0.2, -0.15) is 5.10 Å². The lowest BCUT2D eigenvalue weighted by atomic mass is 10.2. The molecule has 2 heterocycles. The Morgan fingerprint density at radius 1 is 1.27 bits per heavy atom. The molecule has 0 saturated heterocycles. The second kappa shape index (κ2) is 3.61. The highest BCUT2D eigenvalue weighted by atomic mass is 16.1. The maximum atomic E-state index is 11.8. The standard InChI is InChI=1S/C10H10N4O/c1-7-3-11-10(12-4-7)9(15)8-5-13-14(2)6-8/h3-6H,1-2H3. The van der Waals surface area contributed by atoms with Gasteiger partial charge in [-0.25, -0.2) is 9.97 Å². The van der Waals surface area contributed by atoms with Crippen molar-refractivity contribution in [2.24, 2.45) is 7.05 Å². The van der Waals surface area contributed by atoms with Gasteiger partial charge >= 0.3 is 0 Å². The van der Waals surface area contributed by atoms with Gasteiger partial charge in [0.05, 0.1) is 11.8 Å². The highest BCUT2D eigenvalue weighted by molar-refractivity contribution is 6.06. The Morgan fingerprint density at radius 2 is 1.93 bits per heavy atom. The maximum Gasteiger partial charge on any atom is 0.233 e. The van der Waals surface area contributed by atoms with Crippen LogP contribution in [0.1, 0.15) is 21.7 Å². The first-order chi connectivity index (χ1) is 7.16. The average Bonchev–Trinajstić information content (AvgIpc) is 2.65. The number of rotatable bonds is 2. The molecule has 0 amide bonds. The van der Waals surface area contributed by atoms with Crippen molar-refractivity contribution in [1.29, 1.82) is 0 Å². The van der Waals surface area contributed by atoms with Crippen molar-refractivity contribution in [3.8, 4) is 0 Å². The largest absolute Gasteiger partial charge is 0.285 e. The van der Waals surface area contributed by atoms with Crippen molar-refractivity contribution in [3.05, 3.63) is 41.7 Å². The minimum atomic E-state index is -0.205. The molecule has 5 nitrogen and oxygen atoms in total. The van der Waals surface area contributed by atoms with Crippen LogP contribution < -0.4 is 0 Å². The Balaban J connectivity index is 2.32. The van der Waals surface area contributed by atoms with Crippen molar-refractivity contribution in [1.82, 2.24) is 19.7 Å². The van der Waals surface area contributed by atoms with Crippen LogP contribution >= 0.6 is 0 Å². The second-order valence-electron chi connectivity index (χ2n) is 3.32. The Morgan fingerprint density at radius 3 is 2.47 bits per heavy atom. The highest BCUT2D eigenvalue weighted by Gasteiger charge is 2.13. The topological polar surface area (TPSA) is 60.7 Å². The Kier molecular flexibility index (Phi) is 2.29. The number of carbonyl (C=O) groups is 1. The summed E-state index contributed by atoms with van der Waals surface area (Å²) in [4.78, 5) is 19.7. The summed E-state index contributed by atoms with van der Waals surface area (Å²) in [5.41, 5.74) is 1.43. The summed E-state index contributed by atoms with van der Waals surface area (Å²) in [6.45, 7) is 1.87. The van der Waals surface area contributed by atoms with E-state index in [9.17, 15) is 4.79 Å². The third kappa shape index (κ3) is 1.90. The van der Waals surface area contributed by atoms with E-state index < -0.39 is 0 Å². The lowest BCUT2D eigenvalue weighted by Crippen LogP contribution is -2.05. The monoisotopic (exact) mass is 202 g/mol. The van der Waals surface area contributed by atoms with E-state index in [1.807, 2.05) is 6.92 Å². The molecule has 0 aliphatic heterocycles. The van der Waals surface area contributed by atoms with Crippen molar-refractivity contribution in [2.45, 2.75) is 6.92 Å². The normalized spacial score (nSPS) is 10.3. The fourth-order valence-corrected chi connectivity index (χ4v) is 1.18. The zero-order chi connectivity index (χ0) is 10.8. The van der Waals surface area contributed by atoms with Crippen LogP contribution in [0, 0.1) is 6.92 Å². The summed E-state index contributed by atoms with van der Waals surface area (Å²) in [7, 11) is 1.76. The van der Waals surface area contributed by atoms with Crippen LogP contribution in [0.25, 0.3) is 0 Å². The van der Waals surface area contributed by atoms with E-state index >= 15 is 0 Å². The van der Waals surface area contributed by atoms with E-state index in [0.29, 0.717) is 5.56 Å². The minimum absolute atomic E-state index is 0.202. The van der Waals surface area contributed by atoms with Crippen molar-refractivity contribution >= 4 is 5.78 Å². The fraction of sp³-hybridized carbons (Fsp3) is 0.200. The molecule has 0 unspecified atom stereocenters. The molecule has 0 saturated carbocycles. The zero-order valence-corrected chi connectivity index (χ0v) is 8.51. The van der Waals surface area contributed by atoms with Crippen LogP contribution in [0.5, 0.6) is 0 Å². The van der Waals surface area contributed by atoms with E-state index in [0.717, 1.165) is 5.56 Å². The quantitative estimate of drug-likeness (QED) is 0.674. The minimum Gasteiger partial charge on any atom is -0.285 e. The molecule has 5 heteroatoms. The molecule has 76 valence electrons. The molecule has 0 aromatic carbocycles. The van der Waals surface area contributed by atoms with Crippen LogP contribution in [0.2, 0.25) is 0 Å². The van der Waals surface area contributed by atoms with Gasteiger partial charge in [0.1, 0.15) is 0 Å². The number of nitrogens with zero attached hydrogens (tertiary/aromatic N) is 4. The third-order valence-corrected chi connectivity index (χ3v) is 1.95. The summed E-state index contributed by atoms with van der Waals surface area (Å²) in [6.07, 6.45) is 6.39. The Bertz CT molecular complexity index is 486. The van der Waals surface area contributed by atoms with E-state index in [1.165, 1.54) is 6.20 Å². The van der Waals surface area contributed by atoms with E-state index in [1.54, 1.807) is 30.3 Å². The highest BCUT2D eigenvalue weighted by Crippen LogP contribution is 2.04. The molecule has 15 heavy (non-hydrogen) atoms. The third-order valence-electron chi connectivity index (χ3n) is 1.95. The molecular formula is C10H10N4O. The molecule has 0 spiro atoms. The number of hydrogen-bond acceptors (Lipinski definition) is 4. The summed E-state index contributed by atoms with van der Waals surface area (Å²) in [5.74, 6) is -0.00306. The van der Waals surface area contributed by atoms with Gasteiger partial charge in [-0.15, -0.1) is 0 Å². The van der Waals surface area contributed by atoms with Crippen molar-refractivity contribution < 1.29 is 4.79 Å². The summed E-state index contributed by atoms with van der Waals surface area (Å²) in [5, 5.41) is 3.92. The lowest BCUT2D eigenvalue weighted by molar-refractivity contribution is 0.102. The first-order valence-electron chi connectivity index (χ1n) is 4.49. The maximum absolute atomic E-state index is 11.8. The van der Waals surface area contributed by atoms with Gasteiger partial charge in [0, 0.05) is 25.6 Å². The first kappa shape index (κ1) is 9.51. The SMILES string of the molecule is Cc1cnc(C(=O)c2cnn(C)c2)nc1. The smallest absolute Gasteiger partial charge is 0.233 e. The van der Waals surface area contributed by atoms with Crippen LogP contribution in [0.3, 0.4) is 0 Å². The molecule has 0 fully saturated rings. The molecule has 2 rings (SSSR count). The van der Waals surface area contributed by atoms with Crippen LogP contribution in [-0.2, 0) is 7.05 Å². The predicted octanol–water partition coefficient (Wildman–Crippen LogP) is 0.750. The van der Waals surface area contributed by atoms with E-state index in [4.69, 9.17) is 0 Å². The fourth-order valence-electron chi connectivity index (χ4n) is 1.18. The molecule has 0 aliphatic rings. The number of hydrogen-bond donors (Lipinski definition) is 0. The van der Waals surface area contributed by atoms with Crippen LogP contribution in [-0.4, -0.2) is 25.5 Å². The van der Waals surface area contributed by atoms with Gasteiger partial charge in [0.2, 0.25) is 11.6 Å². The second-order valence-corrected chi connectivity index (χ2v) is 3.32. The summed E-state index contributed by atoms with van der Waals surface area (Å²) in [6, 6.07) is 0. The van der Waals surface area contributed by atoms with Gasteiger partial charge in [0.15, 0.2) is 0 Å². The number of aryl methyl sites for hydroxylation is 2. The summed E-state index contributed by atoms with van der Waals surface area (Å²) >= 11 is 0. The summed E-state index contributed by atoms with van der Waals surface area (Å²) < 4.78 is 1.57. The molecule has 2 aromatic heterocycles. The molecule has 0 aliphatic carbocycles. The van der Waals surface area contributed by atoms with E-state index in [2.05, 4.69) is 15.1 Å². The van der Waals surface area contributed by atoms with Crippen LogP contribution in [0.4, 0.5) is 0 Å². The van der Waals surface area contributed by atoms with Crippen molar-refractivity contribution in [3.63, 3.8) is 0 Å². The van der Waals surface area contributed by atoms with Gasteiger partial charge in [0.25, 0.3) is 0 Å². The van der Waals surface area contributed by atoms with E-state index in [-0.39, 0.29) is 11.6 Å². The first-order valence-corrected chi connectivity index (χ1v) is 4.49. The molecule has 2 aromatic rings. The molecule has 0 atom stereocenters. The van der Waals surface area contributed by atoms with Gasteiger partial charge in [-0.1, -0.05) is 0 Å². The van der Waals surface area contributed by atoms with Gasteiger partial charge in [-0.3, -0.25) is 9.48 Å².